The summed E-state index contributed by atoms with van der Waals surface area (Å²) in [5.74, 6) is -0.0412. The molecular weight excluding hydrogens is 462 g/mol. The average molecular weight is 496 g/mol. The van der Waals surface area contributed by atoms with Crippen molar-refractivity contribution >= 4 is 27.7 Å². The maximum atomic E-state index is 12.9. The molecule has 0 bridgehead atoms. The molecule has 1 aliphatic rings. The molecule has 7 nitrogen and oxygen atoms in total. The van der Waals surface area contributed by atoms with Gasteiger partial charge in [0.05, 0.1) is 25.9 Å². The average Bonchev–Trinajstić information content (AvgIpc) is 2.73. The van der Waals surface area contributed by atoms with Crippen molar-refractivity contribution in [2.45, 2.75) is 52.2 Å². The van der Waals surface area contributed by atoms with Gasteiger partial charge in [0.25, 0.3) is 11.8 Å². The number of hydrogen-bond acceptors (Lipinski definition) is 5. The molecule has 1 aliphatic heterocycles. The molecule has 31 heavy (non-hydrogen) atoms. The Morgan fingerprint density at radius 2 is 2.13 bits per heavy atom. The standard InChI is InChI=1S/C23H34BrN3O4/c1-17(2)27(25-22(29)18-7-6-8-20(15-18)31-13-11-24)21(28)10-9-19-16-30-14-12-26(19)23(3,4)5/h6-10,15,17,19H,11-14,16H2,1-5H3,(H,25,29)/b10-9+. The summed E-state index contributed by atoms with van der Waals surface area (Å²) in [6.45, 7) is 12.7. The van der Waals surface area contributed by atoms with Gasteiger partial charge in [-0.05, 0) is 52.8 Å². The summed E-state index contributed by atoms with van der Waals surface area (Å²) in [6, 6.07) is 6.69. The summed E-state index contributed by atoms with van der Waals surface area (Å²) in [5, 5.41) is 2.04. The lowest BCUT2D eigenvalue weighted by Crippen LogP contribution is -2.54. The summed E-state index contributed by atoms with van der Waals surface area (Å²) >= 11 is 3.31. The number of morpholine rings is 1. The molecule has 1 N–H and O–H groups in total. The van der Waals surface area contributed by atoms with Crippen LogP contribution in [-0.2, 0) is 9.53 Å². The van der Waals surface area contributed by atoms with E-state index in [1.807, 2.05) is 19.9 Å². The molecular formula is C23H34BrN3O4. The zero-order valence-corrected chi connectivity index (χ0v) is 20.6. The second-order valence-electron chi connectivity index (χ2n) is 8.67. The molecule has 1 atom stereocenters. The molecule has 1 heterocycles. The molecule has 0 aliphatic carbocycles. The smallest absolute Gasteiger partial charge is 0.270 e. The molecule has 1 saturated heterocycles. The fraction of sp³-hybridized carbons (Fsp3) is 0.565. The van der Waals surface area contributed by atoms with Gasteiger partial charge in [-0.25, -0.2) is 5.01 Å². The number of carbonyl (C=O) groups is 2. The quantitative estimate of drug-likeness (QED) is 0.356. The van der Waals surface area contributed by atoms with Gasteiger partial charge in [-0.1, -0.05) is 28.1 Å². The van der Waals surface area contributed by atoms with E-state index < -0.39 is 0 Å². The van der Waals surface area contributed by atoms with Crippen LogP contribution in [0.15, 0.2) is 36.4 Å². The summed E-state index contributed by atoms with van der Waals surface area (Å²) in [5.41, 5.74) is 3.12. The lowest BCUT2D eigenvalue weighted by Gasteiger charge is -2.43. The van der Waals surface area contributed by atoms with E-state index in [9.17, 15) is 9.59 Å². The lowest BCUT2D eigenvalue weighted by atomic mass is 10.0. The highest BCUT2D eigenvalue weighted by atomic mass is 79.9. The third kappa shape index (κ3) is 7.63. The number of ether oxygens (including phenoxy) is 2. The van der Waals surface area contributed by atoms with E-state index in [1.54, 1.807) is 24.3 Å². The van der Waals surface area contributed by atoms with Crippen molar-refractivity contribution in [3.8, 4) is 5.75 Å². The van der Waals surface area contributed by atoms with E-state index in [0.29, 0.717) is 36.5 Å². The van der Waals surface area contributed by atoms with Gasteiger partial charge >= 0.3 is 0 Å². The lowest BCUT2D eigenvalue weighted by molar-refractivity contribution is -0.130. The first-order valence-electron chi connectivity index (χ1n) is 10.6. The number of nitrogens with one attached hydrogen (secondary N) is 1. The Hall–Kier alpha value is -1.90. The third-order valence-electron chi connectivity index (χ3n) is 4.91. The maximum absolute atomic E-state index is 12.9. The predicted molar refractivity (Wildman–Crippen MR) is 125 cm³/mol. The van der Waals surface area contributed by atoms with Crippen LogP contribution in [0.4, 0.5) is 0 Å². The minimum absolute atomic E-state index is 0.00526. The van der Waals surface area contributed by atoms with Crippen molar-refractivity contribution < 1.29 is 19.1 Å². The van der Waals surface area contributed by atoms with Crippen LogP contribution in [-0.4, -0.2) is 71.0 Å². The van der Waals surface area contributed by atoms with Gasteiger partial charge in [-0.15, -0.1) is 0 Å². The Morgan fingerprint density at radius 1 is 1.39 bits per heavy atom. The number of nitrogens with zero attached hydrogens (tertiary/aromatic N) is 2. The van der Waals surface area contributed by atoms with Crippen molar-refractivity contribution in [2.24, 2.45) is 0 Å². The number of carbonyl (C=O) groups excluding carboxylic acids is 2. The number of alkyl halides is 1. The normalized spacial score (nSPS) is 17.7. The Bertz CT molecular complexity index is 776. The van der Waals surface area contributed by atoms with Crippen molar-refractivity contribution in [3.63, 3.8) is 0 Å². The molecule has 1 unspecified atom stereocenters. The van der Waals surface area contributed by atoms with E-state index >= 15 is 0 Å². The number of amides is 2. The molecule has 0 spiro atoms. The van der Waals surface area contributed by atoms with Crippen molar-refractivity contribution in [2.75, 3.05) is 31.7 Å². The number of benzene rings is 1. The van der Waals surface area contributed by atoms with Crippen LogP contribution in [0.5, 0.6) is 5.75 Å². The predicted octanol–water partition coefficient (Wildman–Crippen LogP) is 3.40. The van der Waals surface area contributed by atoms with Crippen molar-refractivity contribution in [3.05, 3.63) is 42.0 Å². The SMILES string of the molecule is CC(C)N(NC(=O)c1cccc(OCCBr)c1)C(=O)/C=C/C1COCCN1C(C)(C)C. The fourth-order valence-corrected chi connectivity index (χ4v) is 3.55. The van der Waals surface area contributed by atoms with E-state index in [-0.39, 0.29) is 29.4 Å². The van der Waals surface area contributed by atoms with Gasteiger partial charge in [-0.3, -0.25) is 19.9 Å². The van der Waals surface area contributed by atoms with Gasteiger partial charge in [0, 0.05) is 35.1 Å². The number of rotatable bonds is 7. The first-order valence-corrected chi connectivity index (χ1v) is 11.7. The monoisotopic (exact) mass is 495 g/mol. The van der Waals surface area contributed by atoms with Gasteiger partial charge in [0.1, 0.15) is 5.75 Å². The van der Waals surface area contributed by atoms with E-state index in [2.05, 4.69) is 47.0 Å². The van der Waals surface area contributed by atoms with Crippen molar-refractivity contribution in [1.29, 1.82) is 0 Å². The Labute approximate surface area is 193 Å². The molecule has 2 rings (SSSR count). The van der Waals surface area contributed by atoms with E-state index in [1.165, 1.54) is 11.1 Å². The summed E-state index contributed by atoms with van der Waals surface area (Å²) in [4.78, 5) is 28.0. The first kappa shape index (κ1) is 25.4. The third-order valence-corrected chi connectivity index (χ3v) is 5.23. The summed E-state index contributed by atoms with van der Waals surface area (Å²) in [7, 11) is 0. The molecule has 172 valence electrons. The van der Waals surface area contributed by atoms with E-state index in [0.717, 1.165) is 6.54 Å². The fourth-order valence-electron chi connectivity index (χ4n) is 3.38. The molecule has 8 heteroatoms. The van der Waals surface area contributed by atoms with Crippen molar-refractivity contribution in [1.82, 2.24) is 15.3 Å². The molecule has 1 aromatic rings. The zero-order valence-electron chi connectivity index (χ0n) is 19.1. The Kier molecular flexibility index (Phi) is 9.53. The van der Waals surface area contributed by atoms with Crippen LogP contribution < -0.4 is 10.2 Å². The molecule has 0 saturated carbocycles. The molecule has 0 aromatic heterocycles. The first-order chi connectivity index (χ1) is 14.6. The van der Waals surface area contributed by atoms with Crippen LogP contribution in [0.1, 0.15) is 45.0 Å². The zero-order chi connectivity index (χ0) is 23.0. The summed E-state index contributed by atoms with van der Waals surface area (Å²) < 4.78 is 11.2. The molecule has 1 aromatic carbocycles. The highest BCUT2D eigenvalue weighted by Crippen LogP contribution is 2.21. The Balaban J connectivity index is 2.08. The second-order valence-corrected chi connectivity index (χ2v) is 9.47. The second kappa shape index (κ2) is 11.6. The van der Waals surface area contributed by atoms with Crippen LogP contribution in [0.25, 0.3) is 0 Å². The summed E-state index contributed by atoms with van der Waals surface area (Å²) in [6.07, 6.45) is 3.39. The van der Waals surface area contributed by atoms with E-state index in [4.69, 9.17) is 9.47 Å². The van der Waals surface area contributed by atoms with Crippen LogP contribution in [0.3, 0.4) is 0 Å². The Morgan fingerprint density at radius 3 is 2.77 bits per heavy atom. The molecule has 0 radical (unpaired) electrons. The van der Waals surface area contributed by atoms with Gasteiger partial charge in [0.15, 0.2) is 0 Å². The molecule has 1 fully saturated rings. The van der Waals surface area contributed by atoms with Gasteiger partial charge in [0.2, 0.25) is 0 Å². The molecule has 2 amide bonds. The van der Waals surface area contributed by atoms with Crippen LogP contribution in [0.2, 0.25) is 0 Å². The van der Waals surface area contributed by atoms with Gasteiger partial charge < -0.3 is 9.47 Å². The minimum atomic E-state index is -0.364. The number of hydrazine groups is 1. The minimum Gasteiger partial charge on any atom is -0.493 e. The number of hydrogen-bond donors (Lipinski definition) is 1. The largest absolute Gasteiger partial charge is 0.493 e. The van der Waals surface area contributed by atoms with Crippen LogP contribution >= 0.6 is 15.9 Å². The highest BCUT2D eigenvalue weighted by Gasteiger charge is 2.30. The van der Waals surface area contributed by atoms with Gasteiger partial charge in [-0.2, -0.15) is 0 Å². The number of halogens is 1. The topological polar surface area (TPSA) is 71.1 Å². The maximum Gasteiger partial charge on any atom is 0.270 e. The highest BCUT2D eigenvalue weighted by molar-refractivity contribution is 9.09. The van der Waals surface area contributed by atoms with Crippen LogP contribution in [0, 0.1) is 0 Å².